The first-order valence-corrected chi connectivity index (χ1v) is 8.66. The Kier molecular flexibility index (Phi) is 6.19. The molecule has 1 aliphatic rings. The third-order valence-electron chi connectivity index (χ3n) is 4.23. The first-order valence-electron chi connectivity index (χ1n) is 8.66. The Morgan fingerprint density at radius 2 is 1.65 bits per heavy atom. The van der Waals surface area contributed by atoms with Gasteiger partial charge in [-0.3, -0.25) is 4.99 Å². The van der Waals surface area contributed by atoms with Crippen LogP contribution in [0.2, 0.25) is 0 Å². The van der Waals surface area contributed by atoms with Crippen LogP contribution >= 0.6 is 0 Å². The number of hydrogen-bond acceptors (Lipinski definition) is 5. The van der Waals surface area contributed by atoms with E-state index < -0.39 is 0 Å². The summed E-state index contributed by atoms with van der Waals surface area (Å²) in [6.07, 6.45) is 6.29. The summed E-state index contributed by atoms with van der Waals surface area (Å²) < 4.78 is 0. The van der Waals surface area contributed by atoms with Crippen molar-refractivity contribution >= 4 is 6.21 Å². The second-order valence-electron chi connectivity index (χ2n) is 6.21. The molecule has 3 rings (SSSR count). The fraction of sp³-hybridized carbons (Fsp3) is 0.190. The highest BCUT2D eigenvalue weighted by Crippen LogP contribution is 2.15. The van der Waals surface area contributed by atoms with Crippen LogP contribution in [0.1, 0.15) is 22.3 Å². The quantitative estimate of drug-likeness (QED) is 0.672. The highest BCUT2D eigenvalue weighted by atomic mass is 16.2. The van der Waals surface area contributed by atoms with Gasteiger partial charge in [0.1, 0.15) is 6.26 Å². The summed E-state index contributed by atoms with van der Waals surface area (Å²) in [6.45, 7) is 2.85. The maximum atomic E-state index is 9.31. The molecule has 134 valence electrons. The number of allylic oxidation sites excluding steroid dienone is 1. The first-order chi connectivity index (χ1) is 12.8. The lowest BCUT2D eigenvalue weighted by Crippen LogP contribution is -2.19. The molecule has 2 aromatic carbocycles. The topological polar surface area (TPSA) is 73.9 Å². The summed E-state index contributed by atoms with van der Waals surface area (Å²) in [5.74, 6) is 0. The van der Waals surface area contributed by atoms with Crippen LogP contribution in [0.5, 0.6) is 0 Å². The second-order valence-corrected chi connectivity index (χ2v) is 6.21. The van der Waals surface area contributed by atoms with Crippen molar-refractivity contribution in [2.45, 2.75) is 26.2 Å². The van der Waals surface area contributed by atoms with Gasteiger partial charge in [-0.2, -0.15) is 0 Å². The van der Waals surface area contributed by atoms with Gasteiger partial charge >= 0.3 is 0 Å². The Morgan fingerprint density at radius 3 is 2.35 bits per heavy atom. The molecule has 0 bridgehead atoms. The Balaban J connectivity index is 1.57. The summed E-state index contributed by atoms with van der Waals surface area (Å²) in [4.78, 5) is 5.98. The number of nitrogens with one attached hydrogen (secondary N) is 1. The van der Waals surface area contributed by atoms with Crippen molar-refractivity contribution in [2.24, 2.45) is 10.7 Å². The molecule has 0 atom stereocenters. The number of aliphatic imine (C=N–C) groups is 1. The highest BCUT2D eigenvalue weighted by Gasteiger charge is 2.09. The molecule has 0 fully saturated rings. The fourth-order valence-corrected chi connectivity index (χ4v) is 2.90. The third kappa shape index (κ3) is 4.81. The number of benzene rings is 2. The van der Waals surface area contributed by atoms with E-state index in [4.69, 9.17) is 5.73 Å². The molecular formula is C21H24N4O. The average molecular weight is 348 g/mol. The van der Waals surface area contributed by atoms with Crippen LogP contribution in [0, 0.1) is 0 Å². The maximum absolute atomic E-state index is 9.31. The van der Waals surface area contributed by atoms with Crippen LogP contribution in [-0.4, -0.2) is 16.2 Å². The molecule has 0 unspecified atom stereocenters. The van der Waals surface area contributed by atoms with Crippen molar-refractivity contribution < 1.29 is 5.11 Å². The predicted octanol–water partition coefficient (Wildman–Crippen LogP) is 3.19. The summed E-state index contributed by atoms with van der Waals surface area (Å²) in [5.41, 5.74) is 11.2. The minimum absolute atomic E-state index is 0.565. The normalized spacial score (nSPS) is 15.0. The van der Waals surface area contributed by atoms with Gasteiger partial charge in [0.2, 0.25) is 0 Å². The van der Waals surface area contributed by atoms with E-state index >= 15 is 0 Å². The lowest BCUT2D eigenvalue weighted by Gasteiger charge is -2.22. The number of nitrogens with zero attached hydrogens (tertiary/aromatic N) is 2. The van der Waals surface area contributed by atoms with Crippen LogP contribution < -0.4 is 11.1 Å². The van der Waals surface area contributed by atoms with E-state index in [0.717, 1.165) is 24.9 Å². The summed E-state index contributed by atoms with van der Waals surface area (Å²) >= 11 is 0. The van der Waals surface area contributed by atoms with Crippen molar-refractivity contribution in [1.82, 2.24) is 10.2 Å². The standard InChI is InChI=1S/C21H24N4O/c22-11-17-3-1-4-18(9-17)12-24-13-19-5-2-6-20(10-19)15-25-8-7-23-14-21(25)16-26/h1-10,14,16,24,26H,11-13,15,22H2. The smallest absolute Gasteiger partial charge is 0.104 e. The van der Waals surface area contributed by atoms with Gasteiger partial charge in [0.05, 0.1) is 11.9 Å². The Bertz CT molecular complexity index is 826. The van der Waals surface area contributed by atoms with Crippen LogP contribution in [0.15, 0.2) is 77.9 Å². The molecule has 0 saturated carbocycles. The zero-order chi connectivity index (χ0) is 18.2. The van der Waals surface area contributed by atoms with Gasteiger partial charge in [-0.05, 0) is 22.3 Å². The van der Waals surface area contributed by atoms with Gasteiger partial charge in [-0.25, -0.2) is 0 Å². The molecule has 0 aromatic heterocycles. The minimum atomic E-state index is 0.565. The van der Waals surface area contributed by atoms with E-state index in [-0.39, 0.29) is 0 Å². The number of rotatable bonds is 7. The number of aliphatic hydroxyl groups is 1. The van der Waals surface area contributed by atoms with E-state index in [0.29, 0.717) is 18.8 Å². The predicted molar refractivity (Wildman–Crippen MR) is 105 cm³/mol. The van der Waals surface area contributed by atoms with E-state index in [2.05, 4.69) is 46.7 Å². The Morgan fingerprint density at radius 1 is 1.00 bits per heavy atom. The molecule has 5 nitrogen and oxygen atoms in total. The molecule has 1 heterocycles. The second kappa shape index (κ2) is 8.99. The molecule has 5 heteroatoms. The molecule has 1 aliphatic heterocycles. The summed E-state index contributed by atoms with van der Waals surface area (Å²) in [6, 6.07) is 16.8. The largest absolute Gasteiger partial charge is 0.513 e. The van der Waals surface area contributed by atoms with Crippen molar-refractivity contribution in [3.63, 3.8) is 0 Å². The molecule has 0 saturated heterocycles. The third-order valence-corrected chi connectivity index (χ3v) is 4.23. The van der Waals surface area contributed by atoms with E-state index in [9.17, 15) is 5.11 Å². The zero-order valence-corrected chi connectivity index (χ0v) is 14.7. The molecule has 0 amide bonds. The SMILES string of the molecule is NCc1cccc(CNCc2cccc(CN3C=CN=CC3=CO)c2)c1. The van der Waals surface area contributed by atoms with Gasteiger partial charge in [-0.1, -0.05) is 48.5 Å². The average Bonchev–Trinajstić information content (AvgIpc) is 2.69. The number of hydrogen-bond donors (Lipinski definition) is 3. The monoisotopic (exact) mass is 348 g/mol. The first kappa shape index (κ1) is 17.9. The molecule has 0 spiro atoms. The van der Waals surface area contributed by atoms with Gasteiger partial charge in [0.15, 0.2) is 0 Å². The van der Waals surface area contributed by atoms with E-state index in [1.54, 1.807) is 12.4 Å². The van der Waals surface area contributed by atoms with Crippen molar-refractivity contribution in [1.29, 1.82) is 0 Å². The fourth-order valence-electron chi connectivity index (χ4n) is 2.90. The zero-order valence-electron chi connectivity index (χ0n) is 14.7. The van der Waals surface area contributed by atoms with Crippen LogP contribution in [0.3, 0.4) is 0 Å². The highest BCUT2D eigenvalue weighted by molar-refractivity contribution is 5.79. The number of aliphatic hydroxyl groups excluding tert-OH is 1. The molecular weight excluding hydrogens is 324 g/mol. The molecule has 2 aromatic rings. The lowest BCUT2D eigenvalue weighted by molar-refractivity contribution is 0.416. The Labute approximate surface area is 154 Å². The molecule has 0 radical (unpaired) electrons. The number of nitrogens with two attached hydrogens (primary N) is 1. The molecule has 4 N–H and O–H groups in total. The minimum Gasteiger partial charge on any atom is -0.513 e. The van der Waals surface area contributed by atoms with Gasteiger partial charge in [0.25, 0.3) is 0 Å². The van der Waals surface area contributed by atoms with Gasteiger partial charge < -0.3 is 21.1 Å². The summed E-state index contributed by atoms with van der Waals surface area (Å²) in [7, 11) is 0. The van der Waals surface area contributed by atoms with Gasteiger partial charge in [-0.15, -0.1) is 0 Å². The van der Waals surface area contributed by atoms with Crippen LogP contribution in [-0.2, 0) is 26.2 Å². The van der Waals surface area contributed by atoms with Crippen LogP contribution in [0.25, 0.3) is 0 Å². The van der Waals surface area contributed by atoms with E-state index in [1.165, 1.54) is 16.7 Å². The molecule has 26 heavy (non-hydrogen) atoms. The molecule has 0 aliphatic carbocycles. The van der Waals surface area contributed by atoms with Crippen molar-refractivity contribution in [2.75, 3.05) is 0 Å². The van der Waals surface area contributed by atoms with Crippen LogP contribution in [0.4, 0.5) is 0 Å². The summed E-state index contributed by atoms with van der Waals surface area (Å²) in [5, 5.41) is 12.8. The Hall–Kier alpha value is -2.89. The van der Waals surface area contributed by atoms with Crippen molar-refractivity contribution in [3.05, 3.63) is 95.1 Å². The van der Waals surface area contributed by atoms with Gasteiger partial charge in [0, 0.05) is 38.6 Å². The van der Waals surface area contributed by atoms with Crippen molar-refractivity contribution in [3.8, 4) is 0 Å². The lowest BCUT2D eigenvalue weighted by atomic mass is 10.1. The van der Waals surface area contributed by atoms with E-state index in [1.807, 2.05) is 23.2 Å². The maximum Gasteiger partial charge on any atom is 0.104 e.